The molecular formula is C24H40O3. The van der Waals surface area contributed by atoms with E-state index in [-0.39, 0.29) is 16.8 Å². The molecular weight excluding hydrogens is 336 g/mol. The highest BCUT2D eigenvalue weighted by Crippen LogP contribution is 2.43. The molecule has 0 bridgehead atoms. The maximum Gasteiger partial charge on any atom is 0.317 e. The van der Waals surface area contributed by atoms with Crippen molar-refractivity contribution in [1.82, 2.24) is 0 Å². The smallest absolute Gasteiger partial charge is 0.317 e. The summed E-state index contributed by atoms with van der Waals surface area (Å²) >= 11 is 0. The van der Waals surface area contributed by atoms with E-state index < -0.39 is 11.5 Å². The molecule has 1 N–H and O–H groups in total. The molecule has 0 saturated heterocycles. The highest BCUT2D eigenvalue weighted by Gasteiger charge is 2.37. The highest BCUT2D eigenvalue weighted by atomic mass is 16.5. The standard InChI is InChI=1S/C24H40O3/c1-9-23(8,17-22(5,6)7)21(26)27-19-15-13-18(14-16-19)20(25)24(10-2,11-3)12-4/h13-16,20,25H,9-12,17H2,1-8H3. The van der Waals surface area contributed by atoms with Crippen LogP contribution in [0, 0.1) is 16.2 Å². The number of ether oxygens (including phenoxy) is 1. The molecule has 0 spiro atoms. The minimum atomic E-state index is -0.510. The summed E-state index contributed by atoms with van der Waals surface area (Å²) in [5.74, 6) is 0.359. The Hall–Kier alpha value is -1.35. The third kappa shape index (κ3) is 5.81. The van der Waals surface area contributed by atoms with Crippen molar-refractivity contribution in [2.24, 2.45) is 16.2 Å². The summed E-state index contributed by atoms with van der Waals surface area (Å²) < 4.78 is 5.70. The van der Waals surface area contributed by atoms with Gasteiger partial charge < -0.3 is 9.84 Å². The van der Waals surface area contributed by atoms with Crippen LogP contribution in [0.3, 0.4) is 0 Å². The molecule has 0 fully saturated rings. The van der Waals surface area contributed by atoms with Crippen molar-refractivity contribution >= 4 is 5.97 Å². The molecule has 0 aliphatic rings. The number of carbonyl (C=O) groups is 1. The van der Waals surface area contributed by atoms with E-state index >= 15 is 0 Å². The zero-order valence-corrected chi connectivity index (χ0v) is 18.7. The van der Waals surface area contributed by atoms with Crippen LogP contribution in [0.1, 0.15) is 99.2 Å². The monoisotopic (exact) mass is 376 g/mol. The van der Waals surface area contributed by atoms with Gasteiger partial charge in [0.2, 0.25) is 0 Å². The van der Waals surface area contributed by atoms with Gasteiger partial charge in [-0.3, -0.25) is 4.79 Å². The summed E-state index contributed by atoms with van der Waals surface area (Å²) in [5, 5.41) is 10.9. The van der Waals surface area contributed by atoms with Crippen LogP contribution in [-0.4, -0.2) is 11.1 Å². The topological polar surface area (TPSA) is 46.5 Å². The van der Waals surface area contributed by atoms with Crippen molar-refractivity contribution in [1.29, 1.82) is 0 Å². The van der Waals surface area contributed by atoms with Crippen molar-refractivity contribution in [3.63, 3.8) is 0 Å². The molecule has 0 radical (unpaired) electrons. The number of aliphatic hydroxyl groups is 1. The molecule has 3 heteroatoms. The first-order valence-corrected chi connectivity index (χ1v) is 10.5. The fourth-order valence-electron chi connectivity index (χ4n) is 4.14. The van der Waals surface area contributed by atoms with Gasteiger partial charge in [-0.2, -0.15) is 0 Å². The molecule has 154 valence electrons. The third-order valence-corrected chi connectivity index (χ3v) is 6.29. The Kier molecular flexibility index (Phi) is 8.10. The van der Waals surface area contributed by atoms with Crippen molar-refractivity contribution in [3.8, 4) is 5.75 Å². The Labute approximate surface area is 166 Å². The second-order valence-electron chi connectivity index (χ2n) is 9.44. The number of hydrogen-bond acceptors (Lipinski definition) is 3. The summed E-state index contributed by atoms with van der Waals surface area (Å²) in [6, 6.07) is 7.37. The van der Waals surface area contributed by atoms with Gasteiger partial charge in [0.15, 0.2) is 0 Å². The minimum Gasteiger partial charge on any atom is -0.426 e. The lowest BCUT2D eigenvalue weighted by atomic mass is 9.72. The van der Waals surface area contributed by atoms with Crippen LogP contribution in [0.5, 0.6) is 5.75 Å². The van der Waals surface area contributed by atoms with Crippen LogP contribution in [0.4, 0.5) is 0 Å². The van der Waals surface area contributed by atoms with Gasteiger partial charge in [0.05, 0.1) is 11.5 Å². The van der Waals surface area contributed by atoms with Gasteiger partial charge >= 0.3 is 5.97 Å². The zero-order chi connectivity index (χ0) is 20.9. The van der Waals surface area contributed by atoms with Gasteiger partial charge in [-0.15, -0.1) is 0 Å². The van der Waals surface area contributed by atoms with Crippen LogP contribution in [0.25, 0.3) is 0 Å². The predicted molar refractivity (Wildman–Crippen MR) is 113 cm³/mol. The first-order chi connectivity index (χ1) is 12.5. The molecule has 0 saturated carbocycles. The second-order valence-corrected chi connectivity index (χ2v) is 9.44. The fourth-order valence-corrected chi connectivity index (χ4v) is 4.14. The lowest BCUT2D eigenvalue weighted by molar-refractivity contribution is -0.147. The molecule has 0 aliphatic carbocycles. The number of benzene rings is 1. The molecule has 3 nitrogen and oxygen atoms in total. The normalized spacial score (nSPS) is 15.9. The van der Waals surface area contributed by atoms with E-state index in [2.05, 4.69) is 41.5 Å². The second kappa shape index (κ2) is 9.23. The quantitative estimate of drug-likeness (QED) is 0.385. The van der Waals surface area contributed by atoms with Crippen molar-refractivity contribution in [3.05, 3.63) is 29.8 Å². The van der Waals surface area contributed by atoms with Crippen molar-refractivity contribution in [2.75, 3.05) is 0 Å². The Balaban J connectivity index is 2.95. The van der Waals surface area contributed by atoms with Crippen LogP contribution >= 0.6 is 0 Å². The summed E-state index contributed by atoms with van der Waals surface area (Å²) in [6.45, 7) is 16.8. The van der Waals surface area contributed by atoms with Gasteiger partial charge in [-0.25, -0.2) is 0 Å². The Bertz CT molecular complexity index is 585. The summed E-state index contributed by atoms with van der Waals surface area (Å²) in [4.78, 5) is 12.8. The van der Waals surface area contributed by atoms with Crippen molar-refractivity contribution in [2.45, 2.75) is 93.6 Å². The molecule has 2 atom stereocenters. The molecule has 1 rings (SSSR count). The maximum atomic E-state index is 12.8. The Morgan fingerprint density at radius 3 is 1.78 bits per heavy atom. The van der Waals surface area contributed by atoms with E-state index in [4.69, 9.17) is 4.74 Å². The molecule has 0 aromatic heterocycles. The van der Waals surface area contributed by atoms with E-state index in [0.29, 0.717) is 5.75 Å². The lowest BCUT2D eigenvalue weighted by Gasteiger charge is -2.36. The molecule has 0 aliphatic heterocycles. The van der Waals surface area contributed by atoms with Crippen LogP contribution in [0.15, 0.2) is 24.3 Å². The van der Waals surface area contributed by atoms with Crippen LogP contribution in [0.2, 0.25) is 0 Å². The minimum absolute atomic E-state index is 0.0571. The van der Waals surface area contributed by atoms with Gasteiger partial charge in [-0.05, 0) is 67.6 Å². The molecule has 0 amide bonds. The highest BCUT2D eigenvalue weighted by molar-refractivity contribution is 5.78. The van der Waals surface area contributed by atoms with E-state index in [1.807, 2.05) is 26.0 Å². The number of carbonyl (C=O) groups excluding carboxylic acids is 1. The fraction of sp³-hybridized carbons (Fsp3) is 0.708. The average molecular weight is 377 g/mol. The van der Waals surface area contributed by atoms with Crippen LogP contribution in [-0.2, 0) is 4.79 Å². The lowest BCUT2D eigenvalue weighted by Crippen LogP contribution is -2.35. The molecule has 0 heterocycles. The van der Waals surface area contributed by atoms with Crippen LogP contribution < -0.4 is 4.74 Å². The molecule has 1 aromatic carbocycles. The SMILES string of the molecule is CCC(C)(CC(C)(C)C)C(=O)Oc1ccc(C(O)C(CC)(CC)CC)cc1. The molecule has 1 aromatic rings. The van der Waals surface area contributed by atoms with Gasteiger partial charge in [-0.1, -0.05) is 60.6 Å². The van der Waals surface area contributed by atoms with E-state index in [1.165, 1.54) is 0 Å². The summed E-state index contributed by atoms with van der Waals surface area (Å²) in [6.07, 6.45) is 3.80. The van der Waals surface area contributed by atoms with Gasteiger partial charge in [0.25, 0.3) is 0 Å². The van der Waals surface area contributed by atoms with E-state index in [1.54, 1.807) is 12.1 Å². The molecule has 27 heavy (non-hydrogen) atoms. The third-order valence-electron chi connectivity index (χ3n) is 6.29. The molecule has 2 unspecified atom stereocenters. The summed E-state index contributed by atoms with van der Waals surface area (Å²) in [5.41, 5.74) is 0.333. The summed E-state index contributed by atoms with van der Waals surface area (Å²) in [7, 11) is 0. The Morgan fingerprint density at radius 1 is 0.926 bits per heavy atom. The average Bonchev–Trinajstić information content (AvgIpc) is 2.62. The maximum absolute atomic E-state index is 12.8. The van der Waals surface area contributed by atoms with Gasteiger partial charge in [0, 0.05) is 0 Å². The first kappa shape index (κ1) is 23.7. The number of aliphatic hydroxyl groups excluding tert-OH is 1. The van der Waals surface area contributed by atoms with Crippen molar-refractivity contribution < 1.29 is 14.6 Å². The number of esters is 1. The number of hydrogen-bond donors (Lipinski definition) is 1. The van der Waals surface area contributed by atoms with Gasteiger partial charge in [0.1, 0.15) is 5.75 Å². The van der Waals surface area contributed by atoms with E-state index in [9.17, 15) is 9.90 Å². The zero-order valence-electron chi connectivity index (χ0n) is 18.7. The van der Waals surface area contributed by atoms with E-state index in [0.717, 1.165) is 37.7 Å². The Morgan fingerprint density at radius 2 is 1.41 bits per heavy atom. The number of rotatable bonds is 9. The largest absolute Gasteiger partial charge is 0.426 e. The predicted octanol–water partition coefficient (Wildman–Crippen LogP) is 6.69. The first-order valence-electron chi connectivity index (χ1n) is 10.5.